The molecule has 17 heavy (non-hydrogen) atoms. The molecule has 1 rings (SSSR count). The van der Waals surface area contributed by atoms with E-state index in [1.807, 2.05) is 0 Å². The summed E-state index contributed by atoms with van der Waals surface area (Å²) in [6.07, 6.45) is -3.47. The third kappa shape index (κ3) is 4.15. The Morgan fingerprint density at radius 1 is 1.53 bits per heavy atom. The molecule has 0 unspecified atom stereocenters. The lowest BCUT2D eigenvalue weighted by molar-refractivity contribution is -0.141. The lowest BCUT2D eigenvalue weighted by atomic mass is 10.2. The molecule has 0 aliphatic rings. The van der Waals surface area contributed by atoms with Crippen LogP contribution in [-0.2, 0) is 11.0 Å². The number of hydrogen-bond acceptors (Lipinski definition) is 2. The van der Waals surface area contributed by atoms with E-state index in [0.29, 0.717) is 0 Å². The van der Waals surface area contributed by atoms with Crippen molar-refractivity contribution in [2.24, 2.45) is 0 Å². The van der Waals surface area contributed by atoms with Crippen LogP contribution in [0.1, 0.15) is 18.2 Å². The number of rotatable bonds is 1. The summed E-state index contributed by atoms with van der Waals surface area (Å²) in [5, 5.41) is 2.36. The Labute approximate surface area is 96.0 Å². The zero-order valence-electron chi connectivity index (χ0n) is 8.93. The minimum Gasteiger partial charge on any atom is -0.345 e. The molecule has 0 radical (unpaired) electrons. The van der Waals surface area contributed by atoms with E-state index in [9.17, 15) is 18.0 Å². The lowest BCUT2D eigenvalue weighted by Gasteiger charge is -2.06. The van der Waals surface area contributed by atoms with Gasteiger partial charge in [-0.2, -0.15) is 13.2 Å². The van der Waals surface area contributed by atoms with Gasteiger partial charge in [0.1, 0.15) is 0 Å². The molecule has 0 saturated heterocycles. The molecule has 0 bridgehead atoms. The number of carbonyl (C=O) groups is 1. The summed E-state index contributed by atoms with van der Waals surface area (Å²) in [7, 11) is 0. The fraction of sp³-hybridized carbons (Fsp3) is 0.273. The summed E-state index contributed by atoms with van der Waals surface area (Å²) in [4.78, 5) is 13.8. The molecule has 0 saturated carbocycles. The van der Waals surface area contributed by atoms with Gasteiger partial charge in [0.15, 0.2) is 5.69 Å². The highest BCUT2D eigenvalue weighted by Gasteiger charge is 2.34. The number of pyridine rings is 1. The van der Waals surface area contributed by atoms with Crippen LogP contribution in [-0.4, -0.2) is 17.4 Å². The molecule has 1 N–H and O–H groups in total. The van der Waals surface area contributed by atoms with Crippen molar-refractivity contribution in [3.05, 3.63) is 29.6 Å². The smallest absolute Gasteiger partial charge is 0.345 e. The molecule has 0 fully saturated rings. The first-order chi connectivity index (χ1) is 7.91. The average molecular weight is 242 g/mol. The molecule has 1 aromatic heterocycles. The van der Waals surface area contributed by atoms with Gasteiger partial charge in [0.25, 0.3) is 0 Å². The van der Waals surface area contributed by atoms with Crippen molar-refractivity contribution >= 4 is 5.91 Å². The van der Waals surface area contributed by atoms with Crippen molar-refractivity contribution < 1.29 is 18.0 Å². The monoisotopic (exact) mass is 242 g/mol. The molecule has 6 heteroatoms. The molecule has 0 spiro atoms. The van der Waals surface area contributed by atoms with Crippen LogP contribution in [0.4, 0.5) is 13.2 Å². The minimum absolute atomic E-state index is 0.00151. The lowest BCUT2D eigenvalue weighted by Crippen LogP contribution is -2.19. The molecule has 0 aromatic carbocycles. The predicted octanol–water partition coefficient (Wildman–Crippen LogP) is 1.59. The summed E-state index contributed by atoms with van der Waals surface area (Å²) < 4.78 is 37.5. The molecular formula is C11H9F3N2O. The maximum absolute atomic E-state index is 12.5. The van der Waals surface area contributed by atoms with E-state index in [-0.39, 0.29) is 18.0 Å². The number of alkyl halides is 3. The fourth-order valence-corrected chi connectivity index (χ4v) is 1.04. The fourth-order valence-electron chi connectivity index (χ4n) is 1.04. The Morgan fingerprint density at radius 3 is 2.82 bits per heavy atom. The molecule has 1 aromatic rings. The summed E-state index contributed by atoms with van der Waals surface area (Å²) in [5.74, 6) is 4.46. The SMILES string of the molecule is CC(=O)NCC#Cc1cccnc1C(F)(F)F. The number of nitrogens with one attached hydrogen (secondary N) is 1. The van der Waals surface area contributed by atoms with Gasteiger partial charge >= 0.3 is 6.18 Å². The second-order valence-corrected chi connectivity index (χ2v) is 3.11. The zero-order chi connectivity index (χ0) is 12.9. The highest BCUT2D eigenvalue weighted by Crippen LogP contribution is 2.29. The van der Waals surface area contributed by atoms with E-state index in [4.69, 9.17) is 0 Å². The van der Waals surface area contributed by atoms with Crippen LogP contribution in [0.2, 0.25) is 0 Å². The molecule has 3 nitrogen and oxygen atoms in total. The van der Waals surface area contributed by atoms with E-state index in [0.717, 1.165) is 6.20 Å². The van der Waals surface area contributed by atoms with Crippen LogP contribution >= 0.6 is 0 Å². The van der Waals surface area contributed by atoms with Gasteiger partial charge in [-0.15, -0.1) is 0 Å². The van der Waals surface area contributed by atoms with Gasteiger partial charge in [-0.05, 0) is 12.1 Å². The molecule has 0 aliphatic carbocycles. The molecule has 0 atom stereocenters. The zero-order valence-corrected chi connectivity index (χ0v) is 8.93. The van der Waals surface area contributed by atoms with Crippen molar-refractivity contribution in [3.63, 3.8) is 0 Å². The average Bonchev–Trinajstić information content (AvgIpc) is 2.23. The Balaban J connectivity index is 2.88. The molecule has 0 aliphatic heterocycles. The summed E-state index contributed by atoms with van der Waals surface area (Å²) >= 11 is 0. The van der Waals surface area contributed by atoms with Crippen LogP contribution in [0.5, 0.6) is 0 Å². The van der Waals surface area contributed by atoms with Gasteiger partial charge in [-0.3, -0.25) is 9.78 Å². The Kier molecular flexibility index (Phi) is 4.10. The molecule has 1 amide bonds. The second-order valence-electron chi connectivity index (χ2n) is 3.11. The minimum atomic E-state index is -4.53. The second kappa shape index (κ2) is 5.34. The standard InChI is InChI=1S/C11H9F3N2O/c1-8(17)15-6-2-4-9-5-3-7-16-10(9)11(12,13)14/h3,5,7H,6H2,1H3,(H,15,17). The highest BCUT2D eigenvalue weighted by molar-refractivity contribution is 5.73. The van der Waals surface area contributed by atoms with Gasteiger partial charge in [0.05, 0.1) is 12.1 Å². The summed E-state index contributed by atoms with van der Waals surface area (Å²) in [5.41, 5.74) is -1.22. The molecule has 1 heterocycles. The largest absolute Gasteiger partial charge is 0.434 e. The maximum atomic E-state index is 12.5. The quantitative estimate of drug-likeness (QED) is 0.760. The third-order valence-electron chi connectivity index (χ3n) is 1.73. The number of nitrogens with zero attached hydrogens (tertiary/aromatic N) is 1. The first-order valence-electron chi connectivity index (χ1n) is 4.67. The van der Waals surface area contributed by atoms with Crippen LogP contribution in [0.15, 0.2) is 18.3 Å². The van der Waals surface area contributed by atoms with Crippen molar-refractivity contribution in [3.8, 4) is 11.8 Å². The van der Waals surface area contributed by atoms with Crippen LogP contribution in [0, 0.1) is 11.8 Å². The maximum Gasteiger partial charge on any atom is 0.434 e. The Bertz CT molecular complexity index is 472. The van der Waals surface area contributed by atoms with Gasteiger partial charge in [0.2, 0.25) is 5.91 Å². The van der Waals surface area contributed by atoms with Gasteiger partial charge in [-0.1, -0.05) is 11.8 Å². The van der Waals surface area contributed by atoms with Crippen LogP contribution < -0.4 is 5.32 Å². The third-order valence-corrected chi connectivity index (χ3v) is 1.73. The van der Waals surface area contributed by atoms with Gasteiger partial charge in [-0.25, -0.2) is 0 Å². The summed E-state index contributed by atoms with van der Waals surface area (Å²) in [6, 6.07) is 2.61. The van der Waals surface area contributed by atoms with E-state index in [2.05, 4.69) is 22.1 Å². The molecular weight excluding hydrogens is 233 g/mol. The van der Waals surface area contributed by atoms with Crippen molar-refractivity contribution in [1.82, 2.24) is 10.3 Å². The van der Waals surface area contributed by atoms with Crippen LogP contribution in [0.25, 0.3) is 0 Å². The number of amides is 1. The predicted molar refractivity (Wildman–Crippen MR) is 54.8 cm³/mol. The van der Waals surface area contributed by atoms with E-state index in [1.54, 1.807) is 0 Å². The van der Waals surface area contributed by atoms with Crippen molar-refractivity contribution in [2.45, 2.75) is 13.1 Å². The van der Waals surface area contributed by atoms with Gasteiger partial charge in [0, 0.05) is 13.1 Å². The van der Waals surface area contributed by atoms with Crippen molar-refractivity contribution in [1.29, 1.82) is 0 Å². The van der Waals surface area contributed by atoms with Crippen LogP contribution in [0.3, 0.4) is 0 Å². The normalized spacial score (nSPS) is 10.4. The van der Waals surface area contributed by atoms with E-state index >= 15 is 0 Å². The summed E-state index contributed by atoms with van der Waals surface area (Å²) in [6.45, 7) is 1.30. The Hall–Kier alpha value is -2.03. The van der Waals surface area contributed by atoms with E-state index < -0.39 is 11.9 Å². The number of halogens is 3. The number of hydrogen-bond donors (Lipinski definition) is 1. The Morgan fingerprint density at radius 2 is 2.24 bits per heavy atom. The number of aromatic nitrogens is 1. The van der Waals surface area contributed by atoms with E-state index in [1.165, 1.54) is 19.1 Å². The molecule has 90 valence electrons. The first-order valence-corrected chi connectivity index (χ1v) is 4.67. The first kappa shape index (κ1) is 13.0. The highest BCUT2D eigenvalue weighted by atomic mass is 19.4. The topological polar surface area (TPSA) is 42.0 Å². The number of carbonyl (C=O) groups excluding carboxylic acids is 1. The van der Waals surface area contributed by atoms with Crippen molar-refractivity contribution in [2.75, 3.05) is 6.54 Å². The van der Waals surface area contributed by atoms with Gasteiger partial charge < -0.3 is 5.32 Å².